The SMILES string of the molecule is CC(C)C1CCCN1C(=O)c1cccc(N)c1O. The number of likely N-dealkylation sites (tertiary alicyclic amines) is 1. The molecule has 1 aromatic carbocycles. The van der Waals surface area contributed by atoms with Gasteiger partial charge in [-0.15, -0.1) is 0 Å². The van der Waals surface area contributed by atoms with Crippen LogP contribution in [0.5, 0.6) is 5.75 Å². The number of rotatable bonds is 2. The van der Waals surface area contributed by atoms with Crippen LogP contribution in [0.2, 0.25) is 0 Å². The molecular formula is C14H20N2O2. The van der Waals surface area contributed by atoms with E-state index in [1.54, 1.807) is 18.2 Å². The molecule has 3 N–H and O–H groups in total. The van der Waals surface area contributed by atoms with Gasteiger partial charge < -0.3 is 15.7 Å². The van der Waals surface area contributed by atoms with E-state index < -0.39 is 0 Å². The van der Waals surface area contributed by atoms with Gasteiger partial charge in [0.05, 0.1) is 11.3 Å². The highest BCUT2D eigenvalue weighted by molar-refractivity contribution is 5.98. The minimum Gasteiger partial charge on any atom is -0.505 e. The maximum Gasteiger partial charge on any atom is 0.257 e. The molecule has 1 unspecified atom stereocenters. The van der Waals surface area contributed by atoms with Crippen molar-refractivity contribution in [1.82, 2.24) is 4.90 Å². The summed E-state index contributed by atoms with van der Waals surface area (Å²) in [4.78, 5) is 14.3. The van der Waals surface area contributed by atoms with Crippen LogP contribution in [0.15, 0.2) is 18.2 Å². The molecule has 0 aliphatic carbocycles. The third-order valence-corrected chi connectivity index (χ3v) is 3.63. The highest BCUT2D eigenvalue weighted by Gasteiger charge is 2.32. The van der Waals surface area contributed by atoms with Gasteiger partial charge in [0.15, 0.2) is 5.75 Å². The molecule has 2 rings (SSSR count). The number of nitrogens with two attached hydrogens (primary N) is 1. The van der Waals surface area contributed by atoms with E-state index in [0.717, 1.165) is 19.4 Å². The first-order valence-electron chi connectivity index (χ1n) is 6.40. The predicted octanol–water partition coefficient (Wildman–Crippen LogP) is 2.23. The van der Waals surface area contributed by atoms with Crippen molar-refractivity contribution < 1.29 is 9.90 Å². The molecular weight excluding hydrogens is 228 g/mol. The molecule has 4 nitrogen and oxygen atoms in total. The Bertz CT molecular complexity index is 457. The number of carbonyl (C=O) groups is 1. The van der Waals surface area contributed by atoms with Crippen LogP contribution in [-0.4, -0.2) is 28.5 Å². The summed E-state index contributed by atoms with van der Waals surface area (Å²) in [6, 6.07) is 5.18. The van der Waals surface area contributed by atoms with E-state index >= 15 is 0 Å². The quantitative estimate of drug-likeness (QED) is 0.623. The lowest BCUT2D eigenvalue weighted by Crippen LogP contribution is -2.38. The van der Waals surface area contributed by atoms with Gasteiger partial charge in [0.1, 0.15) is 0 Å². The van der Waals surface area contributed by atoms with Gasteiger partial charge in [-0.1, -0.05) is 19.9 Å². The smallest absolute Gasteiger partial charge is 0.257 e. The van der Waals surface area contributed by atoms with Crippen LogP contribution in [0.4, 0.5) is 5.69 Å². The monoisotopic (exact) mass is 248 g/mol. The van der Waals surface area contributed by atoms with Crippen molar-refractivity contribution in [2.45, 2.75) is 32.7 Å². The Morgan fingerprint density at radius 3 is 2.89 bits per heavy atom. The standard InChI is InChI=1S/C14H20N2O2/c1-9(2)12-7-4-8-16(12)14(18)10-5-3-6-11(15)13(10)17/h3,5-6,9,12,17H,4,7-8,15H2,1-2H3. The number of hydrogen-bond acceptors (Lipinski definition) is 3. The van der Waals surface area contributed by atoms with Gasteiger partial charge in [-0.05, 0) is 30.9 Å². The van der Waals surface area contributed by atoms with Gasteiger partial charge in [-0.2, -0.15) is 0 Å². The number of aromatic hydroxyl groups is 1. The molecule has 1 aromatic rings. The van der Waals surface area contributed by atoms with E-state index in [1.165, 1.54) is 0 Å². The molecule has 0 bridgehead atoms. The molecule has 1 fully saturated rings. The largest absolute Gasteiger partial charge is 0.505 e. The molecule has 0 saturated carbocycles. The number of nitrogen functional groups attached to an aromatic ring is 1. The minimum absolute atomic E-state index is 0.100. The summed E-state index contributed by atoms with van der Waals surface area (Å²) in [5.74, 6) is 0.215. The summed E-state index contributed by atoms with van der Waals surface area (Å²) < 4.78 is 0. The lowest BCUT2D eigenvalue weighted by atomic mass is 10.0. The third-order valence-electron chi connectivity index (χ3n) is 3.63. The molecule has 4 heteroatoms. The van der Waals surface area contributed by atoms with Crippen LogP contribution in [0.3, 0.4) is 0 Å². The summed E-state index contributed by atoms with van der Waals surface area (Å²) in [5, 5.41) is 9.88. The Labute approximate surface area is 107 Å². The summed E-state index contributed by atoms with van der Waals surface area (Å²) >= 11 is 0. The van der Waals surface area contributed by atoms with Crippen LogP contribution < -0.4 is 5.73 Å². The minimum atomic E-state index is -0.115. The van der Waals surface area contributed by atoms with Crippen LogP contribution in [0.1, 0.15) is 37.0 Å². The first kappa shape index (κ1) is 12.7. The van der Waals surface area contributed by atoms with Gasteiger partial charge in [0.2, 0.25) is 0 Å². The number of para-hydroxylation sites is 1. The number of phenols is 1. The van der Waals surface area contributed by atoms with E-state index in [4.69, 9.17) is 5.73 Å². The summed E-state index contributed by atoms with van der Waals surface area (Å²) in [6.07, 6.45) is 2.06. The summed E-state index contributed by atoms with van der Waals surface area (Å²) in [6.45, 7) is 5.00. The molecule has 1 aliphatic rings. The van der Waals surface area contributed by atoms with E-state index in [1.807, 2.05) is 4.90 Å². The lowest BCUT2D eigenvalue weighted by molar-refractivity contribution is 0.0698. The van der Waals surface area contributed by atoms with Crippen molar-refractivity contribution in [3.63, 3.8) is 0 Å². The van der Waals surface area contributed by atoms with E-state index in [0.29, 0.717) is 11.5 Å². The van der Waals surface area contributed by atoms with Crippen molar-refractivity contribution in [3.05, 3.63) is 23.8 Å². The molecule has 0 radical (unpaired) electrons. The number of nitrogens with zero attached hydrogens (tertiary/aromatic N) is 1. The number of phenolic OH excluding ortho intramolecular Hbond substituents is 1. The van der Waals surface area contributed by atoms with E-state index in [9.17, 15) is 9.90 Å². The number of hydrogen-bond donors (Lipinski definition) is 2. The second-order valence-electron chi connectivity index (χ2n) is 5.20. The second kappa shape index (κ2) is 4.88. The van der Waals surface area contributed by atoms with E-state index in [2.05, 4.69) is 13.8 Å². The normalized spacial score (nSPS) is 19.5. The molecule has 1 saturated heterocycles. The highest BCUT2D eigenvalue weighted by Crippen LogP contribution is 2.30. The Hall–Kier alpha value is -1.71. The number of carbonyl (C=O) groups excluding carboxylic acids is 1. The fourth-order valence-electron chi connectivity index (χ4n) is 2.63. The lowest BCUT2D eigenvalue weighted by Gasteiger charge is -2.28. The van der Waals surface area contributed by atoms with Crippen molar-refractivity contribution >= 4 is 11.6 Å². The molecule has 1 aliphatic heterocycles. The van der Waals surface area contributed by atoms with Crippen LogP contribution in [0.25, 0.3) is 0 Å². The van der Waals surface area contributed by atoms with Gasteiger partial charge in [-0.3, -0.25) is 4.79 Å². The predicted molar refractivity (Wildman–Crippen MR) is 71.4 cm³/mol. The molecule has 0 spiro atoms. The maximum atomic E-state index is 12.4. The van der Waals surface area contributed by atoms with Crippen molar-refractivity contribution in [2.24, 2.45) is 5.92 Å². The first-order chi connectivity index (χ1) is 8.52. The summed E-state index contributed by atoms with van der Waals surface area (Å²) in [7, 11) is 0. The van der Waals surface area contributed by atoms with Crippen LogP contribution in [0, 0.1) is 5.92 Å². The molecule has 98 valence electrons. The highest BCUT2D eigenvalue weighted by atomic mass is 16.3. The van der Waals surface area contributed by atoms with E-state index in [-0.39, 0.29) is 23.4 Å². The zero-order valence-electron chi connectivity index (χ0n) is 10.9. The molecule has 1 heterocycles. The van der Waals surface area contributed by atoms with Crippen LogP contribution >= 0.6 is 0 Å². The average Bonchev–Trinajstić information content (AvgIpc) is 2.81. The Morgan fingerprint density at radius 2 is 2.22 bits per heavy atom. The fraction of sp³-hybridized carbons (Fsp3) is 0.500. The van der Waals surface area contributed by atoms with Crippen molar-refractivity contribution in [1.29, 1.82) is 0 Å². The van der Waals surface area contributed by atoms with Crippen molar-refractivity contribution in [2.75, 3.05) is 12.3 Å². The molecule has 18 heavy (non-hydrogen) atoms. The molecule has 1 atom stereocenters. The maximum absolute atomic E-state index is 12.4. The number of benzene rings is 1. The van der Waals surface area contributed by atoms with Crippen LogP contribution in [-0.2, 0) is 0 Å². The fourth-order valence-corrected chi connectivity index (χ4v) is 2.63. The second-order valence-corrected chi connectivity index (χ2v) is 5.20. The Balaban J connectivity index is 2.28. The topological polar surface area (TPSA) is 66.6 Å². The Kier molecular flexibility index (Phi) is 3.45. The zero-order chi connectivity index (χ0) is 13.3. The number of amides is 1. The van der Waals surface area contributed by atoms with Gasteiger partial charge in [0.25, 0.3) is 5.91 Å². The third kappa shape index (κ3) is 2.15. The van der Waals surface area contributed by atoms with Crippen molar-refractivity contribution in [3.8, 4) is 5.75 Å². The van der Waals surface area contributed by atoms with Gasteiger partial charge >= 0.3 is 0 Å². The molecule has 0 aromatic heterocycles. The Morgan fingerprint density at radius 1 is 1.50 bits per heavy atom. The van der Waals surface area contributed by atoms with Gasteiger partial charge in [0, 0.05) is 12.6 Å². The zero-order valence-corrected chi connectivity index (χ0v) is 10.9. The first-order valence-corrected chi connectivity index (χ1v) is 6.40. The summed E-state index contributed by atoms with van der Waals surface area (Å²) in [5.41, 5.74) is 6.19. The number of anilines is 1. The molecule has 1 amide bonds. The average molecular weight is 248 g/mol. The van der Waals surface area contributed by atoms with Gasteiger partial charge in [-0.25, -0.2) is 0 Å².